The van der Waals surface area contributed by atoms with Crippen LogP contribution in [0, 0.1) is 0 Å². The molecule has 1 aliphatic heterocycles. The number of hydrogen-bond donors (Lipinski definition) is 0. The van der Waals surface area contributed by atoms with Crippen LogP contribution in [0.3, 0.4) is 0 Å². The zero-order valence-corrected chi connectivity index (χ0v) is 13.8. The Kier molecular flexibility index (Phi) is 4.08. The van der Waals surface area contributed by atoms with Crippen LogP contribution in [0.2, 0.25) is 0 Å². The van der Waals surface area contributed by atoms with Gasteiger partial charge in [-0.3, -0.25) is 9.78 Å². The van der Waals surface area contributed by atoms with Crippen molar-refractivity contribution < 1.29 is 9.32 Å². The molecule has 1 unspecified atom stereocenters. The fourth-order valence-electron chi connectivity index (χ4n) is 2.95. The summed E-state index contributed by atoms with van der Waals surface area (Å²) in [7, 11) is 0. The third-order valence-electron chi connectivity index (χ3n) is 4.17. The van der Waals surface area contributed by atoms with Crippen molar-refractivity contribution in [3.63, 3.8) is 0 Å². The number of piperidine rings is 1. The van der Waals surface area contributed by atoms with Gasteiger partial charge in [-0.25, -0.2) is 0 Å². The molecule has 3 heterocycles. The molecule has 2 aromatic heterocycles. The summed E-state index contributed by atoms with van der Waals surface area (Å²) in [5.41, 5.74) is 2.61. The number of rotatable bonds is 3. The zero-order chi connectivity index (χ0) is 16.4. The topological polar surface area (TPSA) is 72.1 Å². The molecule has 0 radical (unpaired) electrons. The van der Waals surface area contributed by atoms with Crippen LogP contribution in [0.4, 0.5) is 0 Å². The maximum atomic E-state index is 12.5. The summed E-state index contributed by atoms with van der Waals surface area (Å²) in [4.78, 5) is 23.5. The van der Waals surface area contributed by atoms with Gasteiger partial charge in [0.15, 0.2) is 0 Å². The molecular formula is C17H16N4O2S. The lowest BCUT2D eigenvalue weighted by Crippen LogP contribution is -2.38. The molecule has 4 rings (SSSR count). The molecule has 0 N–H and O–H groups in total. The first kappa shape index (κ1) is 15.0. The first-order valence-electron chi connectivity index (χ1n) is 7.88. The Hall–Kier alpha value is -2.54. The van der Waals surface area contributed by atoms with Gasteiger partial charge < -0.3 is 9.42 Å². The van der Waals surface area contributed by atoms with Crippen molar-refractivity contribution in [1.29, 1.82) is 0 Å². The van der Waals surface area contributed by atoms with E-state index in [1.807, 2.05) is 35.2 Å². The lowest BCUT2D eigenvalue weighted by Gasteiger charge is -2.30. The SMILES string of the molecule is O=C(c1cncs1)N1CCCC(c2nc(-c3ccccc3)no2)C1. The van der Waals surface area contributed by atoms with Gasteiger partial charge in [-0.05, 0) is 12.8 Å². The molecule has 1 amide bonds. The van der Waals surface area contributed by atoms with Gasteiger partial charge in [0.05, 0.1) is 17.6 Å². The maximum absolute atomic E-state index is 12.5. The monoisotopic (exact) mass is 340 g/mol. The molecular weight excluding hydrogens is 324 g/mol. The van der Waals surface area contributed by atoms with E-state index < -0.39 is 0 Å². The molecule has 3 aromatic rings. The molecule has 1 saturated heterocycles. The third kappa shape index (κ3) is 2.94. The fraction of sp³-hybridized carbons (Fsp3) is 0.294. The van der Waals surface area contributed by atoms with Crippen molar-refractivity contribution in [2.45, 2.75) is 18.8 Å². The van der Waals surface area contributed by atoms with Crippen LogP contribution < -0.4 is 0 Å². The molecule has 1 fully saturated rings. The second kappa shape index (κ2) is 6.52. The second-order valence-electron chi connectivity index (χ2n) is 5.78. The van der Waals surface area contributed by atoms with Gasteiger partial charge >= 0.3 is 0 Å². The normalized spacial score (nSPS) is 17.8. The van der Waals surface area contributed by atoms with Gasteiger partial charge in [-0.15, -0.1) is 11.3 Å². The van der Waals surface area contributed by atoms with E-state index in [1.165, 1.54) is 11.3 Å². The van der Waals surface area contributed by atoms with Crippen LogP contribution in [0.25, 0.3) is 11.4 Å². The molecule has 6 nitrogen and oxygen atoms in total. The number of likely N-dealkylation sites (tertiary alicyclic amines) is 1. The minimum atomic E-state index is 0.0324. The standard InChI is InChI=1S/C17H16N4O2S/c22-17(14-9-18-11-24-14)21-8-4-7-13(10-21)16-19-15(20-23-16)12-5-2-1-3-6-12/h1-3,5-6,9,11,13H,4,7-8,10H2. The van der Waals surface area contributed by atoms with Crippen LogP contribution in [-0.4, -0.2) is 39.0 Å². The van der Waals surface area contributed by atoms with Crippen molar-refractivity contribution in [3.8, 4) is 11.4 Å². The molecule has 122 valence electrons. The van der Waals surface area contributed by atoms with E-state index in [4.69, 9.17) is 4.52 Å². The van der Waals surface area contributed by atoms with Crippen molar-refractivity contribution in [1.82, 2.24) is 20.0 Å². The van der Waals surface area contributed by atoms with E-state index in [0.717, 1.165) is 24.9 Å². The van der Waals surface area contributed by atoms with E-state index in [1.54, 1.807) is 11.7 Å². The number of nitrogens with zero attached hydrogens (tertiary/aromatic N) is 4. The summed E-state index contributed by atoms with van der Waals surface area (Å²) in [5.74, 6) is 1.32. The smallest absolute Gasteiger partial charge is 0.265 e. The highest BCUT2D eigenvalue weighted by atomic mass is 32.1. The zero-order valence-electron chi connectivity index (χ0n) is 13.0. The first-order chi connectivity index (χ1) is 11.8. The lowest BCUT2D eigenvalue weighted by molar-refractivity contribution is 0.0700. The number of hydrogen-bond acceptors (Lipinski definition) is 6. The van der Waals surface area contributed by atoms with Crippen LogP contribution in [-0.2, 0) is 0 Å². The van der Waals surface area contributed by atoms with Gasteiger partial charge in [0.1, 0.15) is 4.88 Å². The van der Waals surface area contributed by atoms with E-state index in [-0.39, 0.29) is 11.8 Å². The molecule has 0 bridgehead atoms. The Balaban J connectivity index is 1.50. The number of thiazole rings is 1. The van der Waals surface area contributed by atoms with E-state index in [2.05, 4.69) is 15.1 Å². The Morgan fingerprint density at radius 3 is 2.96 bits per heavy atom. The largest absolute Gasteiger partial charge is 0.339 e. The molecule has 0 spiro atoms. The van der Waals surface area contributed by atoms with E-state index in [9.17, 15) is 4.79 Å². The van der Waals surface area contributed by atoms with Gasteiger partial charge in [0.25, 0.3) is 5.91 Å². The molecule has 0 saturated carbocycles. The van der Waals surface area contributed by atoms with Crippen LogP contribution in [0.5, 0.6) is 0 Å². The lowest BCUT2D eigenvalue weighted by atomic mass is 9.98. The van der Waals surface area contributed by atoms with Gasteiger partial charge in [0.2, 0.25) is 11.7 Å². The molecule has 7 heteroatoms. The number of benzene rings is 1. The molecule has 1 atom stereocenters. The predicted molar refractivity (Wildman–Crippen MR) is 89.7 cm³/mol. The average Bonchev–Trinajstić information content (AvgIpc) is 3.34. The Morgan fingerprint density at radius 2 is 2.17 bits per heavy atom. The summed E-state index contributed by atoms with van der Waals surface area (Å²) in [5, 5.41) is 4.08. The highest BCUT2D eigenvalue weighted by molar-refractivity contribution is 7.11. The summed E-state index contributed by atoms with van der Waals surface area (Å²) in [6.45, 7) is 1.36. The highest BCUT2D eigenvalue weighted by Crippen LogP contribution is 2.28. The highest BCUT2D eigenvalue weighted by Gasteiger charge is 2.29. The van der Waals surface area contributed by atoms with Crippen LogP contribution >= 0.6 is 11.3 Å². The number of carbonyl (C=O) groups excluding carboxylic acids is 1. The Morgan fingerprint density at radius 1 is 1.29 bits per heavy atom. The van der Waals surface area contributed by atoms with E-state index in [0.29, 0.717) is 23.1 Å². The summed E-state index contributed by atoms with van der Waals surface area (Å²) < 4.78 is 5.47. The van der Waals surface area contributed by atoms with Crippen LogP contribution in [0.15, 0.2) is 46.6 Å². The molecule has 0 aliphatic carbocycles. The summed E-state index contributed by atoms with van der Waals surface area (Å²) in [6.07, 6.45) is 3.50. The first-order valence-corrected chi connectivity index (χ1v) is 8.76. The average molecular weight is 340 g/mol. The van der Waals surface area contributed by atoms with Gasteiger partial charge in [-0.2, -0.15) is 4.98 Å². The fourth-order valence-corrected chi connectivity index (χ4v) is 3.53. The number of aromatic nitrogens is 3. The van der Waals surface area contributed by atoms with Crippen molar-refractivity contribution in [3.05, 3.63) is 52.8 Å². The van der Waals surface area contributed by atoms with Gasteiger partial charge in [0, 0.05) is 18.7 Å². The quantitative estimate of drug-likeness (QED) is 0.732. The van der Waals surface area contributed by atoms with Crippen molar-refractivity contribution in [2.24, 2.45) is 0 Å². The number of amides is 1. The summed E-state index contributed by atoms with van der Waals surface area (Å²) in [6, 6.07) is 9.75. The van der Waals surface area contributed by atoms with Crippen LogP contribution in [0.1, 0.15) is 34.3 Å². The van der Waals surface area contributed by atoms with Gasteiger partial charge in [-0.1, -0.05) is 35.5 Å². The number of carbonyl (C=O) groups is 1. The van der Waals surface area contributed by atoms with Crippen molar-refractivity contribution in [2.75, 3.05) is 13.1 Å². The molecule has 1 aromatic carbocycles. The van der Waals surface area contributed by atoms with Crippen molar-refractivity contribution >= 4 is 17.2 Å². The predicted octanol–water partition coefficient (Wildman–Crippen LogP) is 3.21. The Bertz CT molecular complexity index is 816. The molecule has 24 heavy (non-hydrogen) atoms. The maximum Gasteiger partial charge on any atom is 0.265 e. The Labute approximate surface area is 143 Å². The minimum Gasteiger partial charge on any atom is -0.339 e. The summed E-state index contributed by atoms with van der Waals surface area (Å²) >= 11 is 1.37. The molecule has 1 aliphatic rings. The third-order valence-corrected chi connectivity index (χ3v) is 4.94. The minimum absolute atomic E-state index is 0.0324. The van der Waals surface area contributed by atoms with E-state index >= 15 is 0 Å². The second-order valence-corrected chi connectivity index (χ2v) is 6.66.